The maximum absolute atomic E-state index is 13.2. The van der Waals surface area contributed by atoms with Crippen LogP contribution in [0.2, 0.25) is 5.02 Å². The summed E-state index contributed by atoms with van der Waals surface area (Å²) in [6.07, 6.45) is 7.96. The van der Waals surface area contributed by atoms with Crippen LogP contribution in [-0.4, -0.2) is 34.2 Å². The molecule has 3 aromatic rings. The number of hydrogen-bond donors (Lipinski definition) is 1. The topological polar surface area (TPSA) is 62.3 Å². The fourth-order valence-electron chi connectivity index (χ4n) is 7.17. The standard InChI is InChI=1S/C33H38ClN3O2/c1-19(2)32(38)22-7-11-24-27(18-22)30-15-14-29(24)37(30)17-16-21-5-8-23(9-6-21)36-33(39)26-12-13-28(34)31-25(26)10-4-20(3)35-31/h4,7,10-13,18-19,21,23,29-30H,5-6,8-9,14-17H2,1-3H3,(H,36,39). The minimum atomic E-state index is -0.0347. The van der Waals surface area contributed by atoms with Gasteiger partial charge < -0.3 is 5.32 Å². The zero-order valence-corrected chi connectivity index (χ0v) is 23.9. The zero-order valence-electron chi connectivity index (χ0n) is 23.2. The van der Waals surface area contributed by atoms with E-state index in [0.29, 0.717) is 34.1 Å². The molecule has 39 heavy (non-hydrogen) atoms. The number of fused-ring (bicyclic) bond motifs is 6. The highest BCUT2D eigenvalue weighted by atomic mass is 35.5. The number of carbonyl (C=O) groups excluding carboxylic acids is 2. The lowest BCUT2D eigenvalue weighted by molar-refractivity contribution is 0.0917. The molecule has 2 aromatic carbocycles. The van der Waals surface area contributed by atoms with E-state index in [-0.39, 0.29) is 23.7 Å². The number of pyridine rings is 1. The lowest BCUT2D eigenvalue weighted by Gasteiger charge is -2.31. The van der Waals surface area contributed by atoms with Crippen molar-refractivity contribution in [3.8, 4) is 0 Å². The molecule has 3 heterocycles. The van der Waals surface area contributed by atoms with Crippen LogP contribution >= 0.6 is 11.6 Å². The molecule has 6 rings (SSSR count). The van der Waals surface area contributed by atoms with Crippen molar-refractivity contribution in [1.82, 2.24) is 15.2 Å². The van der Waals surface area contributed by atoms with Crippen LogP contribution in [0.15, 0.2) is 42.5 Å². The van der Waals surface area contributed by atoms with Gasteiger partial charge in [0.2, 0.25) is 0 Å². The second kappa shape index (κ2) is 10.7. The Bertz CT molecular complexity index is 1430. The van der Waals surface area contributed by atoms with E-state index >= 15 is 0 Å². The third-order valence-corrected chi connectivity index (χ3v) is 9.60. The summed E-state index contributed by atoms with van der Waals surface area (Å²) in [6.45, 7) is 7.00. The molecule has 5 nitrogen and oxygen atoms in total. The van der Waals surface area contributed by atoms with Crippen molar-refractivity contribution in [3.63, 3.8) is 0 Å². The first-order valence-electron chi connectivity index (χ1n) is 14.6. The van der Waals surface area contributed by atoms with E-state index in [4.69, 9.17) is 11.6 Å². The Balaban J connectivity index is 1.03. The van der Waals surface area contributed by atoms with Crippen LogP contribution in [0, 0.1) is 18.8 Å². The molecule has 1 amide bonds. The number of nitrogens with one attached hydrogen (secondary N) is 1. The SMILES string of the molecule is Cc1ccc2c(C(=O)NC3CCC(CCN4C5CCC4c4cc(C(=O)C(C)C)ccc45)CC3)ccc(Cl)c2n1. The molecule has 1 N–H and O–H groups in total. The van der Waals surface area contributed by atoms with Crippen molar-refractivity contribution in [1.29, 1.82) is 0 Å². The number of nitrogens with zero attached hydrogens (tertiary/aromatic N) is 2. The van der Waals surface area contributed by atoms with E-state index in [1.54, 1.807) is 6.07 Å². The predicted molar refractivity (Wildman–Crippen MR) is 156 cm³/mol. The van der Waals surface area contributed by atoms with Gasteiger partial charge in [-0.2, -0.15) is 0 Å². The number of hydrogen-bond acceptors (Lipinski definition) is 4. The van der Waals surface area contributed by atoms with Gasteiger partial charge >= 0.3 is 0 Å². The minimum Gasteiger partial charge on any atom is -0.349 e. The highest BCUT2D eigenvalue weighted by Crippen LogP contribution is 2.53. The molecule has 0 radical (unpaired) electrons. The van der Waals surface area contributed by atoms with E-state index in [9.17, 15) is 9.59 Å². The molecule has 3 aliphatic rings. The summed E-state index contributed by atoms with van der Waals surface area (Å²) in [5, 5.41) is 4.67. The first kappa shape index (κ1) is 26.5. The number of benzene rings is 2. The van der Waals surface area contributed by atoms with Gasteiger partial charge in [0.05, 0.1) is 10.5 Å². The van der Waals surface area contributed by atoms with Gasteiger partial charge in [-0.05, 0) is 99.7 Å². The average Bonchev–Trinajstić information content (AvgIpc) is 3.48. The van der Waals surface area contributed by atoms with E-state index in [2.05, 4.69) is 27.3 Å². The van der Waals surface area contributed by atoms with E-state index in [0.717, 1.165) is 48.9 Å². The molecular formula is C33H38ClN3O2. The second-order valence-corrected chi connectivity index (χ2v) is 12.5. The maximum Gasteiger partial charge on any atom is 0.252 e. The van der Waals surface area contributed by atoms with Gasteiger partial charge in [0.25, 0.3) is 5.91 Å². The molecule has 6 heteroatoms. The number of rotatable bonds is 7. The molecule has 2 fully saturated rings. The van der Waals surface area contributed by atoms with Crippen molar-refractivity contribution in [2.24, 2.45) is 11.8 Å². The monoisotopic (exact) mass is 543 g/mol. The number of aryl methyl sites for hydroxylation is 1. The fourth-order valence-corrected chi connectivity index (χ4v) is 7.37. The van der Waals surface area contributed by atoms with Crippen molar-refractivity contribution < 1.29 is 9.59 Å². The zero-order chi connectivity index (χ0) is 27.3. The quantitative estimate of drug-likeness (QED) is 0.311. The number of halogens is 1. The molecule has 2 unspecified atom stereocenters. The van der Waals surface area contributed by atoms with Crippen molar-refractivity contribution in [2.45, 2.75) is 83.8 Å². The number of aromatic nitrogens is 1. The number of carbonyl (C=O) groups is 2. The lowest BCUT2D eigenvalue weighted by atomic mass is 9.84. The van der Waals surface area contributed by atoms with Crippen LogP contribution in [0.3, 0.4) is 0 Å². The minimum absolute atomic E-state index is 0.0319. The van der Waals surface area contributed by atoms with Gasteiger partial charge in [0, 0.05) is 46.3 Å². The second-order valence-electron chi connectivity index (χ2n) is 12.1. The molecular weight excluding hydrogens is 506 g/mol. The predicted octanol–water partition coefficient (Wildman–Crippen LogP) is 7.61. The fraction of sp³-hybridized carbons (Fsp3) is 0.485. The Kier molecular flexibility index (Phi) is 7.24. The Morgan fingerprint density at radius 2 is 1.72 bits per heavy atom. The maximum atomic E-state index is 13.2. The third kappa shape index (κ3) is 5.00. The highest BCUT2D eigenvalue weighted by molar-refractivity contribution is 6.35. The van der Waals surface area contributed by atoms with Gasteiger partial charge in [0.1, 0.15) is 0 Å². The molecule has 1 aliphatic carbocycles. The van der Waals surface area contributed by atoms with Crippen LogP contribution in [0.25, 0.3) is 10.9 Å². The molecule has 1 aromatic heterocycles. The van der Waals surface area contributed by atoms with Crippen LogP contribution < -0.4 is 5.32 Å². The highest BCUT2D eigenvalue weighted by Gasteiger charge is 2.43. The third-order valence-electron chi connectivity index (χ3n) is 9.30. The number of ketones is 1. The van der Waals surface area contributed by atoms with E-state index in [1.807, 2.05) is 45.0 Å². The number of amides is 1. The summed E-state index contributed by atoms with van der Waals surface area (Å²) in [5.41, 5.74) is 5.93. The molecule has 1 saturated heterocycles. The van der Waals surface area contributed by atoms with Crippen LogP contribution in [0.4, 0.5) is 0 Å². The van der Waals surface area contributed by atoms with E-state index < -0.39 is 0 Å². The van der Waals surface area contributed by atoms with Crippen molar-refractivity contribution in [2.75, 3.05) is 6.54 Å². The van der Waals surface area contributed by atoms with Crippen LogP contribution in [0.1, 0.15) is 108 Å². The molecule has 0 spiro atoms. The normalized spacial score (nSPS) is 24.3. The smallest absolute Gasteiger partial charge is 0.252 e. The molecule has 2 bridgehead atoms. The summed E-state index contributed by atoms with van der Waals surface area (Å²) in [6, 6.07) is 15.1. The van der Waals surface area contributed by atoms with Gasteiger partial charge in [-0.25, -0.2) is 0 Å². The largest absolute Gasteiger partial charge is 0.349 e. The van der Waals surface area contributed by atoms with Gasteiger partial charge in [-0.3, -0.25) is 19.5 Å². The summed E-state index contributed by atoms with van der Waals surface area (Å²) < 4.78 is 0. The van der Waals surface area contributed by atoms with E-state index in [1.165, 1.54) is 30.4 Å². The summed E-state index contributed by atoms with van der Waals surface area (Å²) in [4.78, 5) is 33.0. The van der Waals surface area contributed by atoms with Crippen molar-refractivity contribution >= 4 is 34.2 Å². The summed E-state index contributed by atoms with van der Waals surface area (Å²) >= 11 is 6.36. The average molecular weight is 544 g/mol. The molecule has 2 aliphatic heterocycles. The Morgan fingerprint density at radius 3 is 2.46 bits per heavy atom. The summed E-state index contributed by atoms with van der Waals surface area (Å²) in [5.74, 6) is 0.937. The van der Waals surface area contributed by atoms with Gasteiger partial charge in [0.15, 0.2) is 5.78 Å². The Hall–Kier alpha value is -2.76. The molecule has 1 saturated carbocycles. The first-order chi connectivity index (χ1) is 18.8. The number of Topliss-reactive ketones (excluding diaryl/α,β-unsaturated/α-hetero) is 1. The first-order valence-corrected chi connectivity index (χ1v) is 15.0. The molecule has 2 atom stereocenters. The summed E-state index contributed by atoms with van der Waals surface area (Å²) in [7, 11) is 0. The lowest BCUT2D eigenvalue weighted by Crippen LogP contribution is -2.38. The Morgan fingerprint density at radius 1 is 0.974 bits per heavy atom. The Labute approximate surface area is 236 Å². The van der Waals surface area contributed by atoms with Crippen molar-refractivity contribution in [3.05, 3.63) is 75.4 Å². The van der Waals surface area contributed by atoms with Gasteiger partial charge in [-0.1, -0.05) is 43.6 Å². The van der Waals surface area contributed by atoms with Crippen LogP contribution in [0.5, 0.6) is 0 Å². The van der Waals surface area contributed by atoms with Crippen LogP contribution in [-0.2, 0) is 0 Å². The van der Waals surface area contributed by atoms with Gasteiger partial charge in [-0.15, -0.1) is 0 Å². The molecule has 204 valence electrons.